The Balaban J connectivity index is 2.89. The Labute approximate surface area is 118 Å². The predicted molar refractivity (Wildman–Crippen MR) is 68.3 cm³/mol. The summed E-state index contributed by atoms with van der Waals surface area (Å²) in [6.07, 6.45) is -5.92. The first-order chi connectivity index (χ1) is 9.40. The highest BCUT2D eigenvalue weighted by Crippen LogP contribution is 2.29. The lowest BCUT2D eigenvalue weighted by molar-refractivity contribution is -0.0886. The highest BCUT2D eigenvalue weighted by molar-refractivity contribution is 6.03. The molecule has 116 valence electrons. The van der Waals surface area contributed by atoms with Gasteiger partial charge in [-0.1, -0.05) is 0 Å². The van der Waals surface area contributed by atoms with Gasteiger partial charge in [0.05, 0.1) is 5.56 Å². The average Bonchev–Trinajstić information content (AvgIpc) is 2.24. The number of hydrogen-bond acceptors (Lipinski definition) is 4. The van der Waals surface area contributed by atoms with E-state index in [2.05, 4.69) is 5.32 Å². The Bertz CT molecular complexity index is 562. The van der Waals surface area contributed by atoms with E-state index in [-0.39, 0.29) is 5.69 Å². The molecule has 2 N–H and O–H groups in total. The number of halogens is 3. The van der Waals surface area contributed by atoms with Crippen molar-refractivity contribution in [2.24, 2.45) is 0 Å². The summed E-state index contributed by atoms with van der Waals surface area (Å²) in [4.78, 5) is 22.5. The molecule has 1 aromatic carbocycles. The van der Waals surface area contributed by atoms with Crippen molar-refractivity contribution in [1.82, 2.24) is 0 Å². The zero-order chi connectivity index (χ0) is 16.4. The molecule has 0 saturated carbocycles. The topological polar surface area (TPSA) is 75.6 Å². The Morgan fingerprint density at radius 1 is 1.19 bits per heavy atom. The quantitative estimate of drug-likeness (QED) is 0.820. The van der Waals surface area contributed by atoms with Crippen molar-refractivity contribution in [3.8, 4) is 5.75 Å². The van der Waals surface area contributed by atoms with Crippen molar-refractivity contribution in [3.63, 3.8) is 0 Å². The number of rotatable bonds is 2. The van der Waals surface area contributed by atoms with Crippen molar-refractivity contribution in [3.05, 3.63) is 23.8 Å². The first-order valence-corrected chi connectivity index (χ1v) is 5.85. The molecule has 0 aromatic heterocycles. The number of aromatic hydroxyl groups is 1. The number of carbonyl (C=O) groups is 2. The van der Waals surface area contributed by atoms with Gasteiger partial charge >= 0.3 is 12.3 Å². The lowest BCUT2D eigenvalue weighted by Crippen LogP contribution is -2.27. The maximum atomic E-state index is 12.3. The maximum Gasteiger partial charge on any atom is 0.455 e. The van der Waals surface area contributed by atoms with Crippen molar-refractivity contribution in [2.75, 3.05) is 5.32 Å². The minimum Gasteiger partial charge on any atom is -0.507 e. The zero-order valence-electron chi connectivity index (χ0n) is 11.5. The molecule has 1 amide bonds. The number of amides is 1. The average molecular weight is 305 g/mol. The van der Waals surface area contributed by atoms with Crippen molar-refractivity contribution in [2.45, 2.75) is 32.5 Å². The third-order valence-corrected chi connectivity index (χ3v) is 2.15. The van der Waals surface area contributed by atoms with E-state index in [0.29, 0.717) is 0 Å². The minimum absolute atomic E-state index is 0.000439. The van der Waals surface area contributed by atoms with Crippen LogP contribution in [0.1, 0.15) is 31.1 Å². The van der Waals surface area contributed by atoms with E-state index < -0.39 is 35.0 Å². The summed E-state index contributed by atoms with van der Waals surface area (Å²) in [5, 5.41) is 11.7. The van der Waals surface area contributed by atoms with E-state index in [1.54, 1.807) is 20.8 Å². The van der Waals surface area contributed by atoms with Gasteiger partial charge < -0.3 is 9.84 Å². The molecular weight excluding hydrogens is 291 g/mol. The van der Waals surface area contributed by atoms with Crippen LogP contribution in [0.25, 0.3) is 0 Å². The van der Waals surface area contributed by atoms with Gasteiger partial charge in [-0.2, -0.15) is 13.2 Å². The van der Waals surface area contributed by atoms with Gasteiger partial charge in [-0.3, -0.25) is 10.1 Å². The van der Waals surface area contributed by atoms with Crippen LogP contribution in [0.3, 0.4) is 0 Å². The van der Waals surface area contributed by atoms with Gasteiger partial charge in [0.1, 0.15) is 11.4 Å². The predicted octanol–water partition coefficient (Wildman–Crippen LogP) is 3.48. The van der Waals surface area contributed by atoms with E-state index in [0.717, 1.165) is 18.2 Å². The second-order valence-corrected chi connectivity index (χ2v) is 5.19. The monoisotopic (exact) mass is 305 g/mol. The summed E-state index contributed by atoms with van der Waals surface area (Å²) in [6, 6.07) is 2.67. The zero-order valence-corrected chi connectivity index (χ0v) is 11.5. The molecule has 1 rings (SSSR count). The Morgan fingerprint density at radius 3 is 2.19 bits per heavy atom. The van der Waals surface area contributed by atoms with Crippen molar-refractivity contribution in [1.29, 1.82) is 0 Å². The number of Topliss-reactive ketones (excluding diaryl/α,β-unsaturated/α-hetero) is 1. The molecule has 1 aromatic rings. The molecule has 0 radical (unpaired) electrons. The molecule has 8 heteroatoms. The standard InChI is InChI=1S/C13H14F3NO4/c1-12(2,3)21-11(20)17-7-4-5-8(9(18)6-7)10(19)13(14,15)16/h4-6,18H,1-3H3,(H,17,20). The number of phenols is 1. The van der Waals surface area contributed by atoms with Gasteiger partial charge in [-0.25, -0.2) is 4.79 Å². The summed E-state index contributed by atoms with van der Waals surface area (Å²) in [7, 11) is 0. The third-order valence-electron chi connectivity index (χ3n) is 2.15. The van der Waals surface area contributed by atoms with Crippen LogP contribution < -0.4 is 5.32 Å². The van der Waals surface area contributed by atoms with E-state index in [4.69, 9.17) is 4.74 Å². The van der Waals surface area contributed by atoms with Crippen LogP contribution in [0.15, 0.2) is 18.2 Å². The maximum absolute atomic E-state index is 12.3. The number of phenolic OH excluding ortho intramolecular Hbond substituents is 1. The summed E-state index contributed by atoms with van der Waals surface area (Å²) in [6.45, 7) is 4.90. The lowest BCUT2D eigenvalue weighted by Gasteiger charge is -2.19. The van der Waals surface area contributed by atoms with Crippen LogP contribution in [-0.2, 0) is 4.74 Å². The molecular formula is C13H14F3NO4. The fraction of sp³-hybridized carbons (Fsp3) is 0.385. The Morgan fingerprint density at radius 2 is 1.76 bits per heavy atom. The number of alkyl halides is 3. The number of hydrogen-bond donors (Lipinski definition) is 2. The highest BCUT2D eigenvalue weighted by Gasteiger charge is 2.40. The SMILES string of the molecule is CC(C)(C)OC(=O)Nc1ccc(C(=O)C(F)(F)F)c(O)c1. The summed E-state index contributed by atoms with van der Waals surface area (Å²) < 4.78 is 41.7. The van der Waals surface area contributed by atoms with Crippen LogP contribution in [0.5, 0.6) is 5.75 Å². The molecule has 5 nitrogen and oxygen atoms in total. The van der Waals surface area contributed by atoms with Crippen molar-refractivity contribution >= 4 is 17.6 Å². The second kappa shape index (κ2) is 5.63. The fourth-order valence-electron chi connectivity index (χ4n) is 1.38. The first-order valence-electron chi connectivity index (χ1n) is 5.85. The minimum atomic E-state index is -5.09. The van der Waals surface area contributed by atoms with Crippen molar-refractivity contribution < 1.29 is 32.6 Å². The largest absolute Gasteiger partial charge is 0.507 e. The van der Waals surface area contributed by atoms with Gasteiger partial charge in [-0.15, -0.1) is 0 Å². The van der Waals surface area contributed by atoms with Gasteiger partial charge in [-0.05, 0) is 32.9 Å². The molecule has 0 spiro atoms. The highest BCUT2D eigenvalue weighted by atomic mass is 19.4. The van der Waals surface area contributed by atoms with Crippen LogP contribution in [-0.4, -0.2) is 28.8 Å². The smallest absolute Gasteiger partial charge is 0.455 e. The molecule has 0 bridgehead atoms. The molecule has 0 unspecified atom stereocenters. The normalized spacial score (nSPS) is 11.9. The Hall–Kier alpha value is -2.25. The molecule has 0 saturated heterocycles. The second-order valence-electron chi connectivity index (χ2n) is 5.19. The number of benzene rings is 1. The lowest BCUT2D eigenvalue weighted by atomic mass is 10.1. The van der Waals surface area contributed by atoms with E-state index >= 15 is 0 Å². The first kappa shape index (κ1) is 16.8. The number of ether oxygens (including phenoxy) is 1. The molecule has 0 heterocycles. The fourth-order valence-corrected chi connectivity index (χ4v) is 1.38. The molecule has 0 aliphatic rings. The van der Waals surface area contributed by atoms with Gasteiger partial charge in [0.2, 0.25) is 0 Å². The van der Waals surface area contributed by atoms with Gasteiger partial charge in [0.25, 0.3) is 5.78 Å². The number of anilines is 1. The molecule has 0 atom stereocenters. The number of nitrogens with one attached hydrogen (secondary N) is 1. The molecule has 0 aliphatic carbocycles. The van der Waals surface area contributed by atoms with E-state index in [1.807, 2.05) is 0 Å². The van der Waals surface area contributed by atoms with E-state index in [1.165, 1.54) is 0 Å². The number of carbonyl (C=O) groups excluding carboxylic acids is 2. The summed E-state index contributed by atoms with van der Waals surface area (Å²) >= 11 is 0. The Kier molecular flexibility index (Phi) is 4.50. The number of ketones is 1. The van der Waals surface area contributed by atoms with Crippen LogP contribution >= 0.6 is 0 Å². The molecule has 21 heavy (non-hydrogen) atoms. The van der Waals surface area contributed by atoms with E-state index in [9.17, 15) is 27.9 Å². The summed E-state index contributed by atoms with van der Waals surface area (Å²) in [5.74, 6) is -3.05. The van der Waals surface area contributed by atoms with Gasteiger partial charge in [0, 0.05) is 11.8 Å². The summed E-state index contributed by atoms with van der Waals surface area (Å²) in [5.41, 5.74) is -1.64. The van der Waals surface area contributed by atoms with Crippen LogP contribution in [0, 0.1) is 0 Å². The third kappa shape index (κ3) is 4.97. The van der Waals surface area contributed by atoms with Gasteiger partial charge in [0.15, 0.2) is 0 Å². The van der Waals surface area contributed by atoms with Crippen LogP contribution in [0.4, 0.5) is 23.7 Å². The van der Waals surface area contributed by atoms with Crippen LogP contribution in [0.2, 0.25) is 0 Å². The molecule has 0 fully saturated rings. The molecule has 0 aliphatic heterocycles.